The van der Waals surface area contributed by atoms with Gasteiger partial charge in [-0.1, -0.05) is 24.6 Å². The normalized spacial score (nSPS) is 24.7. The minimum absolute atomic E-state index is 0.421. The first-order valence-electron chi connectivity index (χ1n) is 5.54. The Bertz CT molecular complexity index is 455. The number of alkyl halides is 3. The Morgan fingerprint density at radius 1 is 1.22 bits per heavy atom. The molecule has 3 nitrogen and oxygen atoms in total. The van der Waals surface area contributed by atoms with Crippen molar-refractivity contribution in [3.05, 3.63) is 29.8 Å². The second-order valence-corrected chi connectivity index (χ2v) is 4.45. The van der Waals surface area contributed by atoms with Gasteiger partial charge in [0.2, 0.25) is 5.91 Å². The second-order valence-electron chi connectivity index (χ2n) is 4.45. The number of amides is 1. The number of nitrogens with one attached hydrogen (secondary N) is 1. The molecule has 6 heteroatoms. The Kier molecular flexibility index (Phi) is 3.06. The highest BCUT2D eigenvalue weighted by Crippen LogP contribution is 2.32. The quantitative estimate of drug-likeness (QED) is 0.839. The fourth-order valence-electron chi connectivity index (χ4n) is 1.91. The van der Waals surface area contributed by atoms with Crippen molar-refractivity contribution >= 4 is 11.6 Å². The SMILES string of the molecule is Cc1ccc(N2NC(C(F)(F)F)C(C)C2=O)cc1. The number of hydrazine groups is 1. The predicted molar refractivity (Wildman–Crippen MR) is 60.8 cm³/mol. The summed E-state index contributed by atoms with van der Waals surface area (Å²) in [7, 11) is 0. The molecule has 1 aromatic carbocycles. The van der Waals surface area contributed by atoms with E-state index in [0.29, 0.717) is 5.69 Å². The van der Waals surface area contributed by atoms with E-state index in [1.807, 2.05) is 6.92 Å². The van der Waals surface area contributed by atoms with Gasteiger partial charge in [0.25, 0.3) is 0 Å². The van der Waals surface area contributed by atoms with Gasteiger partial charge < -0.3 is 0 Å². The maximum absolute atomic E-state index is 12.7. The summed E-state index contributed by atoms with van der Waals surface area (Å²) in [5.41, 5.74) is 3.62. The van der Waals surface area contributed by atoms with Crippen LogP contribution >= 0.6 is 0 Å². The summed E-state index contributed by atoms with van der Waals surface area (Å²) in [6, 6.07) is 4.90. The van der Waals surface area contributed by atoms with Crippen molar-refractivity contribution in [2.75, 3.05) is 5.01 Å². The Morgan fingerprint density at radius 3 is 2.22 bits per heavy atom. The van der Waals surface area contributed by atoms with Gasteiger partial charge in [0.1, 0.15) is 6.04 Å². The van der Waals surface area contributed by atoms with Crippen molar-refractivity contribution in [1.82, 2.24) is 5.43 Å². The molecule has 0 saturated carbocycles. The van der Waals surface area contributed by atoms with E-state index in [1.54, 1.807) is 24.3 Å². The molecule has 0 spiro atoms. The van der Waals surface area contributed by atoms with Gasteiger partial charge in [-0.15, -0.1) is 0 Å². The van der Waals surface area contributed by atoms with Gasteiger partial charge >= 0.3 is 6.18 Å². The van der Waals surface area contributed by atoms with E-state index < -0.39 is 24.0 Å². The number of anilines is 1. The van der Waals surface area contributed by atoms with Crippen molar-refractivity contribution in [2.24, 2.45) is 5.92 Å². The number of nitrogens with zero attached hydrogens (tertiary/aromatic N) is 1. The molecule has 98 valence electrons. The highest BCUT2D eigenvalue weighted by atomic mass is 19.4. The molecule has 1 N–H and O–H groups in total. The summed E-state index contributed by atoms with van der Waals surface area (Å²) in [4.78, 5) is 11.8. The number of benzene rings is 1. The Balaban J connectivity index is 2.26. The van der Waals surface area contributed by atoms with Gasteiger partial charge in [-0.05, 0) is 19.1 Å². The lowest BCUT2D eigenvalue weighted by molar-refractivity contribution is -0.161. The molecule has 0 radical (unpaired) electrons. The lowest BCUT2D eigenvalue weighted by Crippen LogP contribution is -2.45. The lowest BCUT2D eigenvalue weighted by atomic mass is 10.0. The van der Waals surface area contributed by atoms with E-state index in [4.69, 9.17) is 0 Å². The zero-order valence-corrected chi connectivity index (χ0v) is 9.95. The van der Waals surface area contributed by atoms with Crippen LogP contribution in [0.2, 0.25) is 0 Å². The monoisotopic (exact) mass is 258 g/mol. The van der Waals surface area contributed by atoms with Crippen LogP contribution in [0.25, 0.3) is 0 Å². The maximum atomic E-state index is 12.7. The third-order valence-corrected chi connectivity index (χ3v) is 3.02. The van der Waals surface area contributed by atoms with E-state index in [-0.39, 0.29) is 0 Å². The fraction of sp³-hybridized carbons (Fsp3) is 0.417. The Morgan fingerprint density at radius 2 is 1.78 bits per heavy atom. The molecule has 0 aliphatic carbocycles. The average molecular weight is 258 g/mol. The number of carbonyl (C=O) groups excluding carboxylic acids is 1. The van der Waals surface area contributed by atoms with E-state index in [9.17, 15) is 18.0 Å². The Labute approximate surface area is 103 Å². The van der Waals surface area contributed by atoms with Crippen molar-refractivity contribution < 1.29 is 18.0 Å². The first kappa shape index (κ1) is 12.9. The molecule has 2 rings (SSSR count). The molecule has 18 heavy (non-hydrogen) atoms. The van der Waals surface area contributed by atoms with Crippen molar-refractivity contribution in [3.63, 3.8) is 0 Å². The van der Waals surface area contributed by atoms with Crippen LogP contribution in [0.4, 0.5) is 18.9 Å². The molecule has 1 aromatic rings. The van der Waals surface area contributed by atoms with Crippen LogP contribution in [0.3, 0.4) is 0 Å². The van der Waals surface area contributed by atoms with Gasteiger partial charge in [0, 0.05) is 0 Å². The number of aryl methyl sites for hydroxylation is 1. The molecule has 1 aliphatic rings. The number of carbonyl (C=O) groups is 1. The van der Waals surface area contributed by atoms with E-state index in [0.717, 1.165) is 10.6 Å². The van der Waals surface area contributed by atoms with Gasteiger partial charge in [-0.3, -0.25) is 4.79 Å². The standard InChI is InChI=1S/C12H13F3N2O/c1-7-3-5-9(6-4-7)17-11(18)8(2)10(16-17)12(13,14)15/h3-6,8,10,16H,1-2H3. The zero-order chi connectivity index (χ0) is 13.5. The fourth-order valence-corrected chi connectivity index (χ4v) is 1.91. The average Bonchev–Trinajstić information content (AvgIpc) is 2.57. The molecule has 1 heterocycles. The van der Waals surface area contributed by atoms with Crippen molar-refractivity contribution in [2.45, 2.75) is 26.1 Å². The van der Waals surface area contributed by atoms with Crippen LogP contribution in [0.1, 0.15) is 12.5 Å². The smallest absolute Gasteiger partial charge is 0.273 e. The third kappa shape index (κ3) is 2.20. The highest BCUT2D eigenvalue weighted by molar-refractivity contribution is 5.96. The van der Waals surface area contributed by atoms with E-state index >= 15 is 0 Å². The largest absolute Gasteiger partial charge is 0.406 e. The van der Waals surface area contributed by atoms with Gasteiger partial charge in [0.05, 0.1) is 11.6 Å². The number of halogens is 3. The highest BCUT2D eigenvalue weighted by Gasteiger charge is 2.52. The van der Waals surface area contributed by atoms with Crippen LogP contribution in [-0.4, -0.2) is 18.1 Å². The molecule has 1 fully saturated rings. The summed E-state index contributed by atoms with van der Waals surface area (Å²) in [5.74, 6) is -1.69. The van der Waals surface area contributed by atoms with Gasteiger partial charge in [0.15, 0.2) is 0 Å². The van der Waals surface area contributed by atoms with E-state index in [1.165, 1.54) is 6.92 Å². The molecular formula is C12H13F3N2O. The van der Waals surface area contributed by atoms with Crippen molar-refractivity contribution in [3.8, 4) is 0 Å². The van der Waals surface area contributed by atoms with Crippen LogP contribution < -0.4 is 10.4 Å². The summed E-state index contributed by atoms with van der Waals surface area (Å²) >= 11 is 0. The number of hydrogen-bond acceptors (Lipinski definition) is 2. The molecule has 0 aromatic heterocycles. The predicted octanol–water partition coefficient (Wildman–Crippen LogP) is 2.41. The summed E-state index contributed by atoms with van der Waals surface area (Å²) < 4.78 is 38.1. The summed E-state index contributed by atoms with van der Waals surface area (Å²) in [6.07, 6.45) is -4.44. The molecule has 1 aliphatic heterocycles. The number of hydrogen-bond donors (Lipinski definition) is 1. The van der Waals surface area contributed by atoms with Crippen LogP contribution in [0.5, 0.6) is 0 Å². The summed E-state index contributed by atoms with van der Waals surface area (Å²) in [5, 5.41) is 0.974. The molecule has 1 saturated heterocycles. The first-order valence-corrected chi connectivity index (χ1v) is 5.54. The lowest BCUT2D eigenvalue weighted by Gasteiger charge is -2.19. The topological polar surface area (TPSA) is 32.3 Å². The molecule has 2 unspecified atom stereocenters. The Hall–Kier alpha value is -1.56. The minimum Gasteiger partial charge on any atom is -0.273 e. The molecule has 1 amide bonds. The minimum atomic E-state index is -4.44. The zero-order valence-electron chi connectivity index (χ0n) is 9.95. The maximum Gasteiger partial charge on any atom is 0.406 e. The van der Waals surface area contributed by atoms with Gasteiger partial charge in [-0.2, -0.15) is 13.2 Å². The van der Waals surface area contributed by atoms with E-state index in [2.05, 4.69) is 5.43 Å². The number of rotatable bonds is 1. The molecule has 0 bridgehead atoms. The third-order valence-electron chi connectivity index (χ3n) is 3.02. The summed E-state index contributed by atoms with van der Waals surface area (Å²) in [6.45, 7) is 3.14. The van der Waals surface area contributed by atoms with Gasteiger partial charge in [-0.25, -0.2) is 10.4 Å². The molecular weight excluding hydrogens is 245 g/mol. The van der Waals surface area contributed by atoms with Crippen molar-refractivity contribution in [1.29, 1.82) is 0 Å². The first-order chi connectivity index (χ1) is 8.30. The van der Waals surface area contributed by atoms with Crippen LogP contribution in [-0.2, 0) is 4.79 Å². The molecule has 2 atom stereocenters. The second kappa shape index (κ2) is 4.28. The van der Waals surface area contributed by atoms with Crippen LogP contribution in [0, 0.1) is 12.8 Å². The van der Waals surface area contributed by atoms with Crippen LogP contribution in [0.15, 0.2) is 24.3 Å².